The normalized spacial score (nSPS) is 10.2. The summed E-state index contributed by atoms with van der Waals surface area (Å²) < 4.78 is 0. The first-order valence-corrected chi connectivity index (χ1v) is 6.24. The van der Waals surface area contributed by atoms with Gasteiger partial charge >= 0.3 is 0 Å². The van der Waals surface area contributed by atoms with Crippen molar-refractivity contribution in [2.75, 3.05) is 6.54 Å². The van der Waals surface area contributed by atoms with Gasteiger partial charge in [0.15, 0.2) is 0 Å². The Kier molecular flexibility index (Phi) is 3.82. The third-order valence-electron chi connectivity index (χ3n) is 2.19. The zero-order valence-corrected chi connectivity index (χ0v) is 10.3. The van der Waals surface area contributed by atoms with Crippen molar-refractivity contribution in [1.29, 1.82) is 0 Å². The number of hydrogen-bond donors (Lipinski definition) is 1. The Hall–Kier alpha value is -1.75. The Bertz CT molecular complexity index is 495. The van der Waals surface area contributed by atoms with Crippen LogP contribution < -0.4 is 5.32 Å². The van der Waals surface area contributed by atoms with Crippen LogP contribution in [0, 0.1) is 6.92 Å². The van der Waals surface area contributed by atoms with Gasteiger partial charge in [0.05, 0.1) is 5.01 Å². The van der Waals surface area contributed by atoms with E-state index in [-0.39, 0.29) is 5.91 Å². The van der Waals surface area contributed by atoms with Crippen LogP contribution in [0.5, 0.6) is 0 Å². The van der Waals surface area contributed by atoms with Crippen molar-refractivity contribution in [2.45, 2.75) is 13.3 Å². The molecule has 88 valence electrons. The van der Waals surface area contributed by atoms with E-state index in [4.69, 9.17) is 0 Å². The van der Waals surface area contributed by atoms with Crippen molar-refractivity contribution in [2.24, 2.45) is 0 Å². The maximum Gasteiger partial charge on any atom is 0.269 e. The second-order valence-corrected chi connectivity index (χ2v) is 4.55. The minimum atomic E-state index is -0.140. The lowest BCUT2D eigenvalue weighted by Gasteiger charge is -2.02. The molecule has 17 heavy (non-hydrogen) atoms. The molecule has 0 aliphatic heterocycles. The molecular weight excluding hydrogens is 234 g/mol. The molecule has 0 aromatic carbocycles. The van der Waals surface area contributed by atoms with Crippen molar-refractivity contribution < 1.29 is 4.79 Å². The van der Waals surface area contributed by atoms with E-state index in [1.807, 2.05) is 12.3 Å². The summed E-state index contributed by atoms with van der Waals surface area (Å²) in [6, 6.07) is 5.28. The van der Waals surface area contributed by atoms with Crippen molar-refractivity contribution in [3.63, 3.8) is 0 Å². The van der Waals surface area contributed by atoms with Crippen LogP contribution in [-0.2, 0) is 6.42 Å². The minimum Gasteiger partial charge on any atom is -0.350 e. The fourth-order valence-electron chi connectivity index (χ4n) is 1.39. The highest BCUT2D eigenvalue weighted by Gasteiger charge is 2.05. The number of aromatic nitrogens is 2. The van der Waals surface area contributed by atoms with E-state index in [1.54, 1.807) is 35.7 Å². The highest BCUT2D eigenvalue weighted by atomic mass is 32.1. The smallest absolute Gasteiger partial charge is 0.269 e. The molecular formula is C12H13N3OS. The van der Waals surface area contributed by atoms with Crippen LogP contribution in [0.4, 0.5) is 0 Å². The van der Waals surface area contributed by atoms with Gasteiger partial charge in [-0.1, -0.05) is 6.07 Å². The average Bonchev–Trinajstić information content (AvgIpc) is 2.76. The average molecular weight is 247 g/mol. The largest absolute Gasteiger partial charge is 0.350 e. The third-order valence-corrected chi connectivity index (χ3v) is 3.21. The van der Waals surface area contributed by atoms with E-state index in [2.05, 4.69) is 15.3 Å². The molecule has 2 aromatic rings. The number of nitrogens with zero attached hydrogens (tertiary/aromatic N) is 2. The second-order valence-electron chi connectivity index (χ2n) is 3.60. The Labute approximate surface area is 104 Å². The van der Waals surface area contributed by atoms with E-state index in [1.165, 1.54) is 0 Å². The van der Waals surface area contributed by atoms with Crippen LogP contribution in [0.2, 0.25) is 0 Å². The Morgan fingerprint density at radius 1 is 1.47 bits per heavy atom. The molecule has 0 bridgehead atoms. The molecule has 0 unspecified atom stereocenters. The van der Waals surface area contributed by atoms with Crippen LogP contribution in [0.25, 0.3) is 0 Å². The van der Waals surface area contributed by atoms with E-state index in [0.717, 1.165) is 17.1 Å². The molecule has 2 rings (SSSR count). The first-order chi connectivity index (χ1) is 8.25. The summed E-state index contributed by atoms with van der Waals surface area (Å²) in [4.78, 5) is 20.0. The highest BCUT2D eigenvalue weighted by molar-refractivity contribution is 7.09. The lowest BCUT2D eigenvalue weighted by Crippen LogP contribution is -2.26. The molecule has 0 saturated heterocycles. The topological polar surface area (TPSA) is 54.9 Å². The van der Waals surface area contributed by atoms with E-state index in [9.17, 15) is 4.79 Å². The predicted octanol–water partition coefficient (Wildman–Crippen LogP) is 1.82. The number of pyridine rings is 1. The molecule has 2 aromatic heterocycles. The number of thiazole rings is 1. The number of aryl methyl sites for hydroxylation is 1. The number of amides is 1. The number of nitrogens with one attached hydrogen (secondary N) is 1. The van der Waals surface area contributed by atoms with Gasteiger partial charge in [-0.25, -0.2) is 4.98 Å². The summed E-state index contributed by atoms with van der Waals surface area (Å²) in [5, 5.41) is 5.88. The SMILES string of the molecule is Cc1csc(CCNC(=O)c2ccccn2)n1. The molecule has 5 heteroatoms. The monoisotopic (exact) mass is 247 g/mol. The third kappa shape index (κ3) is 3.35. The number of carbonyl (C=O) groups is 1. The zero-order chi connectivity index (χ0) is 12.1. The summed E-state index contributed by atoms with van der Waals surface area (Å²) in [5.41, 5.74) is 1.48. The molecule has 2 heterocycles. The number of carbonyl (C=O) groups excluding carboxylic acids is 1. The van der Waals surface area contributed by atoms with Gasteiger partial charge < -0.3 is 5.32 Å². The Morgan fingerprint density at radius 3 is 3.00 bits per heavy atom. The molecule has 0 fully saturated rings. The molecule has 0 radical (unpaired) electrons. The van der Waals surface area contributed by atoms with Gasteiger partial charge in [-0.15, -0.1) is 11.3 Å². The molecule has 0 aliphatic carbocycles. The van der Waals surface area contributed by atoms with E-state index < -0.39 is 0 Å². The summed E-state index contributed by atoms with van der Waals surface area (Å²) in [5.74, 6) is -0.140. The molecule has 1 amide bonds. The van der Waals surface area contributed by atoms with Crippen molar-refractivity contribution >= 4 is 17.2 Å². The van der Waals surface area contributed by atoms with Crippen molar-refractivity contribution in [3.8, 4) is 0 Å². The lowest BCUT2D eigenvalue weighted by molar-refractivity contribution is 0.0949. The van der Waals surface area contributed by atoms with Gasteiger partial charge in [0.1, 0.15) is 5.69 Å². The van der Waals surface area contributed by atoms with Gasteiger partial charge in [-0.3, -0.25) is 9.78 Å². The summed E-state index contributed by atoms with van der Waals surface area (Å²) in [7, 11) is 0. The van der Waals surface area contributed by atoms with Crippen molar-refractivity contribution in [3.05, 3.63) is 46.2 Å². The molecule has 1 N–H and O–H groups in total. The van der Waals surface area contributed by atoms with Gasteiger partial charge in [-0.05, 0) is 19.1 Å². The van der Waals surface area contributed by atoms with Crippen LogP contribution >= 0.6 is 11.3 Å². The zero-order valence-electron chi connectivity index (χ0n) is 9.51. The molecule has 0 saturated carbocycles. The van der Waals surface area contributed by atoms with Crippen LogP contribution in [0.1, 0.15) is 21.2 Å². The van der Waals surface area contributed by atoms with Crippen molar-refractivity contribution in [1.82, 2.24) is 15.3 Å². The highest BCUT2D eigenvalue weighted by Crippen LogP contribution is 2.08. The fourth-order valence-corrected chi connectivity index (χ4v) is 2.16. The summed E-state index contributed by atoms with van der Waals surface area (Å²) in [6.45, 7) is 2.55. The quantitative estimate of drug-likeness (QED) is 0.896. The summed E-state index contributed by atoms with van der Waals surface area (Å²) >= 11 is 1.62. The molecule has 0 spiro atoms. The molecule has 4 nitrogen and oxygen atoms in total. The van der Waals surface area contributed by atoms with Gasteiger partial charge in [0.25, 0.3) is 5.91 Å². The van der Waals surface area contributed by atoms with Gasteiger partial charge in [-0.2, -0.15) is 0 Å². The van der Waals surface area contributed by atoms with E-state index in [0.29, 0.717) is 12.2 Å². The van der Waals surface area contributed by atoms with Crippen LogP contribution in [0.15, 0.2) is 29.8 Å². The van der Waals surface area contributed by atoms with Crippen LogP contribution in [-0.4, -0.2) is 22.4 Å². The lowest BCUT2D eigenvalue weighted by atomic mass is 10.3. The predicted molar refractivity (Wildman–Crippen MR) is 67.1 cm³/mol. The van der Waals surface area contributed by atoms with Crippen LogP contribution in [0.3, 0.4) is 0 Å². The number of hydrogen-bond acceptors (Lipinski definition) is 4. The maximum absolute atomic E-state index is 11.6. The standard InChI is InChI=1S/C12H13N3OS/c1-9-8-17-11(15-9)5-7-14-12(16)10-4-2-3-6-13-10/h2-4,6,8H,5,7H2,1H3,(H,14,16). The Balaban J connectivity index is 1.81. The first kappa shape index (κ1) is 11.7. The molecule has 0 atom stereocenters. The minimum absolute atomic E-state index is 0.140. The van der Waals surface area contributed by atoms with Gasteiger partial charge in [0.2, 0.25) is 0 Å². The van der Waals surface area contributed by atoms with Gasteiger partial charge in [0, 0.05) is 30.2 Å². The first-order valence-electron chi connectivity index (χ1n) is 5.36. The fraction of sp³-hybridized carbons (Fsp3) is 0.250. The maximum atomic E-state index is 11.6. The molecule has 0 aliphatic rings. The summed E-state index contributed by atoms with van der Waals surface area (Å²) in [6.07, 6.45) is 2.37. The number of rotatable bonds is 4. The Morgan fingerprint density at radius 2 is 2.35 bits per heavy atom. The second kappa shape index (κ2) is 5.54. The van der Waals surface area contributed by atoms with E-state index >= 15 is 0 Å².